The molecule has 3 aromatic heterocycles. The number of rotatable bonds is 9. The van der Waals surface area contributed by atoms with Gasteiger partial charge in [-0.1, -0.05) is 322 Å². The number of para-hydroxylation sites is 5. The first-order valence-electron chi connectivity index (χ1n) is 46.9. The van der Waals surface area contributed by atoms with E-state index >= 15 is 0 Å². The van der Waals surface area contributed by atoms with Gasteiger partial charge < -0.3 is 23.5 Å². The molecule has 0 bridgehead atoms. The number of anilines is 6. The van der Waals surface area contributed by atoms with Gasteiger partial charge in [-0.3, -0.25) is 0 Å². The molecule has 6 heteroatoms. The van der Waals surface area contributed by atoms with Crippen molar-refractivity contribution in [1.29, 1.82) is 0 Å². The molecule has 566 valence electrons. The molecule has 5 nitrogen and oxygen atoms in total. The second-order valence-corrected chi connectivity index (χ2v) is 36.8. The Morgan fingerprint density at radius 2 is 0.698 bits per heavy atom. The third kappa shape index (κ3) is 11.7. The topological polar surface area (TPSA) is 21.3 Å². The molecule has 5 heterocycles. The smallest absolute Gasteiger partial charge is 0.252 e. The lowest BCUT2D eigenvalue weighted by molar-refractivity contribution is 0.569. The molecule has 0 radical (unpaired) electrons. The molecule has 116 heavy (non-hydrogen) atoms. The Kier molecular flexibility index (Phi) is 13.5. The average molecular weight is 1510 g/mol. The first kappa shape index (κ1) is 59.1. The van der Waals surface area contributed by atoms with Crippen molar-refractivity contribution >= 4 is 123 Å². The van der Waals surface area contributed by atoms with Crippen LogP contribution < -0.4 is 26.2 Å². The summed E-state index contributed by atoms with van der Waals surface area (Å²) in [5.74, 6) is 0. The van der Waals surface area contributed by atoms with Gasteiger partial charge in [-0.25, -0.2) is 0 Å². The van der Waals surface area contributed by atoms with Gasteiger partial charge in [0, 0.05) is 77.6 Å². The quantitative estimate of drug-likeness (QED) is 0.134. The summed E-state index contributed by atoms with van der Waals surface area (Å²) in [6, 6.07) is 80.7. The Hall–Kier alpha value is -12.6. The number of benzene rings is 15. The number of hydrogen-bond donors (Lipinski definition) is 0. The van der Waals surface area contributed by atoms with Crippen LogP contribution in [0.4, 0.5) is 34.1 Å². The monoisotopic (exact) mass is 1510 g/mol. The maximum atomic E-state index is 9.98. The molecular formula is C110H98BN5. The lowest BCUT2D eigenvalue weighted by atomic mass is 9.33. The minimum atomic E-state index is -0.739. The Labute approximate surface area is 701 Å². The SMILES string of the molecule is [2H]c1c([2H])c([2H])c(-c2ccc3c(c2)N(c2cccc4c5cccc(-n6c7ccc(C(C)(C)C)cc7c7cc(C(C)(C)C)ccc76)c5n(-c5ccccc5)c24)c2cc(-c4cc(C(C)(C)C)cc(C(C)(C)C)c4)cc4c2B3c2ccc(-n3c5c([2H])c([2H])c([2H])c([2H])c5c5c([2H])c([2H])c([2H])c([2H])c53)cc2N4c2c(-c3ccccc3)cc(C(C)(C)C)cc2-c2ccccc2)c([2H])c1[2H]. The van der Waals surface area contributed by atoms with Crippen molar-refractivity contribution in [1.82, 2.24) is 13.7 Å². The first-order valence-corrected chi connectivity index (χ1v) is 40.4. The number of nitrogens with zero attached hydrogens (tertiary/aromatic N) is 5. The maximum absolute atomic E-state index is 9.98. The summed E-state index contributed by atoms with van der Waals surface area (Å²) in [6.45, 7) is 33.0. The summed E-state index contributed by atoms with van der Waals surface area (Å²) < 4.78 is 130. The highest BCUT2D eigenvalue weighted by Gasteiger charge is 2.46. The normalized spacial score (nSPS) is 14.8. The molecule has 18 aromatic rings. The molecule has 0 saturated heterocycles. The molecule has 0 saturated carbocycles. The van der Waals surface area contributed by atoms with Crippen LogP contribution in [-0.2, 0) is 27.1 Å². The second-order valence-electron chi connectivity index (χ2n) is 36.8. The minimum Gasteiger partial charge on any atom is -0.310 e. The largest absolute Gasteiger partial charge is 0.310 e. The third-order valence-electron chi connectivity index (χ3n) is 24.3. The van der Waals surface area contributed by atoms with Gasteiger partial charge >= 0.3 is 0 Å². The van der Waals surface area contributed by atoms with E-state index in [0.717, 1.165) is 144 Å². The van der Waals surface area contributed by atoms with Crippen molar-refractivity contribution in [3.63, 3.8) is 0 Å². The zero-order chi connectivity index (χ0) is 91.1. The predicted octanol–water partition coefficient (Wildman–Crippen LogP) is 28.2. The molecule has 0 N–H and O–H groups in total. The molecule has 0 amide bonds. The highest BCUT2D eigenvalue weighted by Crippen LogP contribution is 2.55. The van der Waals surface area contributed by atoms with Crippen molar-refractivity contribution < 1.29 is 17.8 Å². The molecule has 0 fully saturated rings. The molecule has 2 aliphatic heterocycles. The third-order valence-corrected chi connectivity index (χ3v) is 24.3. The fraction of sp³-hybridized carbons (Fsp3) is 0.182. The van der Waals surface area contributed by atoms with Crippen LogP contribution >= 0.6 is 0 Å². The van der Waals surface area contributed by atoms with Crippen LogP contribution in [0.2, 0.25) is 0 Å². The van der Waals surface area contributed by atoms with Crippen molar-refractivity contribution in [2.45, 2.75) is 131 Å². The van der Waals surface area contributed by atoms with E-state index in [4.69, 9.17) is 1.37 Å². The van der Waals surface area contributed by atoms with Crippen LogP contribution in [0, 0.1) is 0 Å². The van der Waals surface area contributed by atoms with Gasteiger partial charge in [0.05, 0.1) is 68.0 Å². The van der Waals surface area contributed by atoms with Crippen LogP contribution in [0.25, 0.3) is 127 Å². The fourth-order valence-electron chi connectivity index (χ4n) is 18.1. The van der Waals surface area contributed by atoms with Gasteiger partial charge in [0.1, 0.15) is 0 Å². The Balaban J connectivity index is 1.00. The number of hydrogen-bond acceptors (Lipinski definition) is 2. The van der Waals surface area contributed by atoms with Crippen molar-refractivity contribution in [3.05, 3.63) is 349 Å². The van der Waals surface area contributed by atoms with Crippen molar-refractivity contribution in [3.8, 4) is 61.6 Å². The van der Waals surface area contributed by atoms with Gasteiger partial charge in [-0.15, -0.1) is 0 Å². The van der Waals surface area contributed by atoms with Crippen LogP contribution in [0.1, 0.15) is 149 Å². The lowest BCUT2D eigenvalue weighted by Crippen LogP contribution is -2.61. The summed E-state index contributed by atoms with van der Waals surface area (Å²) in [4.78, 5) is 4.77. The van der Waals surface area contributed by atoms with E-state index in [1.165, 1.54) is 11.1 Å². The number of fused-ring (bicyclic) bond motifs is 13. The average Bonchev–Trinajstić information content (AvgIpc) is 1.67. The standard InChI is InChI=1S/C110H98BN5/c1-106(2,3)75-51-56-94-88(64-75)89-65-76(107(4,5)6)52-57-95(89)114(94)96-48-32-44-84-85-45-33-49-97(105(85)113(104(84)96)80-40-26-19-27-41-80)115-98-60-72(69-34-20-16-21-35-69)50-54-90(98)111-91-55-53-81(112-92-46-30-28-42-82(92)83-43-29-31-47-93(83)112)68-99(91)116(101-62-74(61-100(115)102(101)111)73-58-77(108(7,8)9)63-78(59-73)109(10,11)12)103-86(70-36-22-17-23-37-70)66-79(110(13,14)15)67-87(103)71-38-24-18-25-39-71/h16-68H,1-15H3/i16D,20D,21D,28D,29D,30D,31D,34D,35D,42D,43D,46D,47D. The van der Waals surface area contributed by atoms with E-state index in [1.54, 1.807) is 4.57 Å². The highest BCUT2D eigenvalue weighted by atomic mass is 15.2. The van der Waals surface area contributed by atoms with Gasteiger partial charge in [-0.05, 0) is 208 Å². The fourth-order valence-corrected chi connectivity index (χ4v) is 18.1. The summed E-state index contributed by atoms with van der Waals surface area (Å²) in [6.07, 6.45) is 0. The first-order chi connectivity index (χ1) is 61.1. The van der Waals surface area contributed by atoms with E-state index in [-0.39, 0.29) is 61.1 Å². The van der Waals surface area contributed by atoms with E-state index < -0.39 is 78.6 Å². The van der Waals surface area contributed by atoms with Gasteiger partial charge in [-0.2, -0.15) is 0 Å². The van der Waals surface area contributed by atoms with Crippen LogP contribution in [-0.4, -0.2) is 20.4 Å². The second kappa shape index (κ2) is 26.5. The highest BCUT2D eigenvalue weighted by molar-refractivity contribution is 7.00. The molecule has 15 aromatic carbocycles. The van der Waals surface area contributed by atoms with Crippen LogP contribution in [0.5, 0.6) is 0 Å². The summed E-state index contributed by atoms with van der Waals surface area (Å²) in [5, 5.41) is 4.12. The summed E-state index contributed by atoms with van der Waals surface area (Å²) >= 11 is 0. The zero-order valence-electron chi connectivity index (χ0n) is 81.4. The lowest BCUT2D eigenvalue weighted by Gasteiger charge is -2.45. The summed E-state index contributed by atoms with van der Waals surface area (Å²) in [5.41, 5.74) is 22.9. The van der Waals surface area contributed by atoms with E-state index in [2.05, 4.69) is 323 Å². The summed E-state index contributed by atoms with van der Waals surface area (Å²) in [7, 11) is 0. The van der Waals surface area contributed by atoms with E-state index in [9.17, 15) is 16.4 Å². The van der Waals surface area contributed by atoms with E-state index in [0.29, 0.717) is 22.6 Å². The van der Waals surface area contributed by atoms with Gasteiger partial charge in [0.15, 0.2) is 0 Å². The van der Waals surface area contributed by atoms with E-state index in [1.807, 2.05) is 42.5 Å². The molecule has 0 aliphatic carbocycles. The van der Waals surface area contributed by atoms with Gasteiger partial charge in [0.25, 0.3) is 6.71 Å². The van der Waals surface area contributed by atoms with Gasteiger partial charge in [0.2, 0.25) is 0 Å². The predicted molar refractivity (Wildman–Crippen MR) is 499 cm³/mol. The van der Waals surface area contributed by atoms with Crippen LogP contribution in [0.15, 0.2) is 321 Å². The minimum absolute atomic E-state index is 0.0249. The van der Waals surface area contributed by atoms with Crippen molar-refractivity contribution in [2.24, 2.45) is 0 Å². The number of aromatic nitrogens is 3. The zero-order valence-corrected chi connectivity index (χ0v) is 68.4. The maximum Gasteiger partial charge on any atom is 0.252 e. The molecule has 2 aliphatic rings. The molecule has 20 rings (SSSR count). The Bertz CT molecular complexity index is 7600. The molecule has 0 unspecified atom stereocenters. The van der Waals surface area contributed by atoms with Crippen LogP contribution in [0.3, 0.4) is 0 Å². The molecule has 0 atom stereocenters. The molecule has 0 spiro atoms. The Morgan fingerprint density at radius 3 is 1.23 bits per heavy atom. The molecular weight excluding hydrogens is 1400 g/mol. The Morgan fingerprint density at radius 1 is 0.250 bits per heavy atom. The van der Waals surface area contributed by atoms with Crippen molar-refractivity contribution in [2.75, 3.05) is 9.80 Å².